The van der Waals surface area contributed by atoms with E-state index >= 15 is 0 Å². The fraction of sp³-hybridized carbons (Fsp3) is 0.158. The van der Waals surface area contributed by atoms with Crippen LogP contribution in [0.4, 0.5) is 0 Å². The number of aromatic hydroxyl groups is 1. The summed E-state index contributed by atoms with van der Waals surface area (Å²) in [5, 5.41) is 14.6. The van der Waals surface area contributed by atoms with E-state index in [1.165, 1.54) is 6.21 Å². The Balaban J connectivity index is 1.81. The number of hydrogen-bond donors (Lipinski definition) is 3. The molecule has 0 bridgehead atoms. The van der Waals surface area contributed by atoms with Gasteiger partial charge in [-0.05, 0) is 49.7 Å². The van der Waals surface area contributed by atoms with E-state index in [-0.39, 0.29) is 11.7 Å². The molecular weight excluding hydrogens is 318 g/mol. The molecule has 0 saturated carbocycles. The number of H-pyrrole nitrogens is 1. The van der Waals surface area contributed by atoms with Gasteiger partial charge in [-0.3, -0.25) is 4.79 Å². The third-order valence-corrected chi connectivity index (χ3v) is 4.05. The minimum Gasteiger partial charge on any atom is -0.507 e. The molecule has 128 valence electrons. The molecule has 0 atom stereocenters. The first-order valence-corrected chi connectivity index (χ1v) is 7.79. The number of fused-ring (bicyclic) bond motifs is 1. The Morgan fingerprint density at radius 2 is 2.04 bits per heavy atom. The fourth-order valence-electron chi connectivity index (χ4n) is 2.65. The van der Waals surface area contributed by atoms with E-state index < -0.39 is 0 Å². The quantitative estimate of drug-likeness (QED) is 0.504. The highest BCUT2D eigenvalue weighted by Crippen LogP contribution is 2.26. The normalized spacial score (nSPS) is 11.2. The van der Waals surface area contributed by atoms with Gasteiger partial charge in [-0.25, -0.2) is 5.43 Å². The van der Waals surface area contributed by atoms with Gasteiger partial charge in [-0.2, -0.15) is 5.10 Å². The first kappa shape index (κ1) is 16.6. The number of aromatic amines is 1. The molecule has 0 aliphatic heterocycles. The van der Waals surface area contributed by atoms with Crippen molar-refractivity contribution in [2.24, 2.45) is 5.10 Å². The average Bonchev–Trinajstić information content (AvgIpc) is 2.94. The molecule has 0 fully saturated rings. The van der Waals surface area contributed by atoms with E-state index in [0.717, 1.165) is 27.8 Å². The Bertz CT molecular complexity index is 973. The molecule has 0 unspecified atom stereocenters. The number of rotatable bonds is 4. The van der Waals surface area contributed by atoms with Crippen molar-refractivity contribution in [1.29, 1.82) is 0 Å². The lowest BCUT2D eigenvalue weighted by atomic mass is 10.1. The largest absolute Gasteiger partial charge is 0.507 e. The number of hydrazone groups is 1. The molecule has 6 heteroatoms. The van der Waals surface area contributed by atoms with Crippen LogP contribution in [-0.4, -0.2) is 29.3 Å². The van der Waals surface area contributed by atoms with Crippen molar-refractivity contribution in [3.63, 3.8) is 0 Å². The number of nitrogens with zero attached hydrogens (tertiary/aromatic N) is 1. The number of phenols is 1. The van der Waals surface area contributed by atoms with Crippen LogP contribution in [0.1, 0.15) is 27.2 Å². The number of carbonyl (C=O) groups is 1. The predicted octanol–water partition coefficient (Wildman–Crippen LogP) is 3.26. The van der Waals surface area contributed by atoms with E-state index in [9.17, 15) is 9.90 Å². The van der Waals surface area contributed by atoms with Gasteiger partial charge in [0.1, 0.15) is 17.2 Å². The molecule has 3 rings (SSSR count). The smallest absolute Gasteiger partial charge is 0.288 e. The van der Waals surface area contributed by atoms with Crippen LogP contribution in [-0.2, 0) is 0 Å². The van der Waals surface area contributed by atoms with Gasteiger partial charge in [-0.15, -0.1) is 0 Å². The number of aryl methyl sites for hydroxylation is 2. The summed E-state index contributed by atoms with van der Waals surface area (Å²) in [6.45, 7) is 3.78. The number of phenolic OH excluding ortho intramolecular Hbond substituents is 1. The van der Waals surface area contributed by atoms with Crippen molar-refractivity contribution in [3.05, 3.63) is 58.8 Å². The van der Waals surface area contributed by atoms with Gasteiger partial charge in [0, 0.05) is 16.5 Å². The van der Waals surface area contributed by atoms with Gasteiger partial charge in [0.05, 0.1) is 13.3 Å². The molecule has 3 N–H and O–H groups in total. The van der Waals surface area contributed by atoms with Crippen LogP contribution in [0.3, 0.4) is 0 Å². The molecule has 1 amide bonds. The van der Waals surface area contributed by atoms with Gasteiger partial charge in [-0.1, -0.05) is 11.6 Å². The highest BCUT2D eigenvalue weighted by Gasteiger charge is 2.14. The van der Waals surface area contributed by atoms with Crippen molar-refractivity contribution in [1.82, 2.24) is 10.4 Å². The average molecular weight is 337 g/mol. The zero-order valence-electron chi connectivity index (χ0n) is 14.3. The van der Waals surface area contributed by atoms with E-state index in [4.69, 9.17) is 4.74 Å². The maximum atomic E-state index is 12.4. The zero-order valence-corrected chi connectivity index (χ0v) is 14.3. The zero-order chi connectivity index (χ0) is 18.0. The van der Waals surface area contributed by atoms with E-state index in [1.54, 1.807) is 25.3 Å². The minimum absolute atomic E-state index is 0.109. The van der Waals surface area contributed by atoms with Crippen LogP contribution in [0.15, 0.2) is 41.5 Å². The van der Waals surface area contributed by atoms with Gasteiger partial charge in [0.15, 0.2) is 0 Å². The van der Waals surface area contributed by atoms with Crippen molar-refractivity contribution >= 4 is 23.0 Å². The highest BCUT2D eigenvalue weighted by atomic mass is 16.5. The van der Waals surface area contributed by atoms with Gasteiger partial charge in [0.2, 0.25) is 0 Å². The Labute approximate surface area is 145 Å². The topological polar surface area (TPSA) is 86.7 Å². The highest BCUT2D eigenvalue weighted by molar-refractivity contribution is 6.01. The third-order valence-electron chi connectivity index (χ3n) is 4.05. The number of aromatic nitrogens is 1. The molecule has 1 aromatic heterocycles. The molecule has 0 aliphatic carbocycles. The SMILES string of the molecule is COc1ccc2[nH]c(C(=O)N/N=C/c3cc(C)ccc3O)c(C)c2c1. The van der Waals surface area contributed by atoms with Gasteiger partial charge >= 0.3 is 0 Å². The maximum absolute atomic E-state index is 12.4. The van der Waals surface area contributed by atoms with Crippen LogP contribution in [0.25, 0.3) is 10.9 Å². The van der Waals surface area contributed by atoms with Crippen LogP contribution in [0.5, 0.6) is 11.5 Å². The van der Waals surface area contributed by atoms with Gasteiger partial charge in [0.25, 0.3) is 5.91 Å². The Morgan fingerprint density at radius 3 is 2.80 bits per heavy atom. The first-order chi connectivity index (χ1) is 12.0. The third kappa shape index (κ3) is 3.33. The van der Waals surface area contributed by atoms with Crippen LogP contribution in [0.2, 0.25) is 0 Å². The summed E-state index contributed by atoms with van der Waals surface area (Å²) in [4.78, 5) is 15.5. The van der Waals surface area contributed by atoms with Crippen molar-refractivity contribution in [2.45, 2.75) is 13.8 Å². The van der Waals surface area contributed by atoms with Crippen molar-refractivity contribution < 1.29 is 14.6 Å². The number of carbonyl (C=O) groups excluding carboxylic acids is 1. The van der Waals surface area contributed by atoms with E-state index in [0.29, 0.717) is 11.3 Å². The summed E-state index contributed by atoms with van der Waals surface area (Å²) < 4.78 is 5.22. The van der Waals surface area contributed by atoms with E-state index in [1.807, 2.05) is 32.0 Å². The number of nitrogens with one attached hydrogen (secondary N) is 2. The Kier molecular flexibility index (Phi) is 4.43. The molecule has 0 aliphatic rings. The first-order valence-electron chi connectivity index (χ1n) is 7.79. The van der Waals surface area contributed by atoms with Crippen molar-refractivity contribution in [2.75, 3.05) is 7.11 Å². The summed E-state index contributed by atoms with van der Waals surface area (Å²) in [5.41, 5.74) is 6.12. The molecular formula is C19H19N3O3. The summed E-state index contributed by atoms with van der Waals surface area (Å²) in [6, 6.07) is 10.8. The van der Waals surface area contributed by atoms with E-state index in [2.05, 4.69) is 15.5 Å². The number of benzene rings is 2. The minimum atomic E-state index is -0.351. The molecule has 0 radical (unpaired) electrons. The van der Waals surface area contributed by atoms with Crippen LogP contribution < -0.4 is 10.2 Å². The lowest BCUT2D eigenvalue weighted by molar-refractivity contribution is 0.0950. The Hall–Kier alpha value is -3.28. The van der Waals surface area contributed by atoms with Gasteiger partial charge < -0.3 is 14.8 Å². The fourth-order valence-corrected chi connectivity index (χ4v) is 2.65. The molecule has 25 heavy (non-hydrogen) atoms. The number of methoxy groups -OCH3 is 1. The molecule has 3 aromatic rings. The number of amides is 1. The maximum Gasteiger partial charge on any atom is 0.288 e. The molecule has 1 heterocycles. The number of hydrogen-bond acceptors (Lipinski definition) is 4. The van der Waals surface area contributed by atoms with Crippen LogP contribution in [0, 0.1) is 13.8 Å². The second kappa shape index (κ2) is 6.68. The number of ether oxygens (including phenoxy) is 1. The molecule has 0 saturated heterocycles. The predicted molar refractivity (Wildman–Crippen MR) is 97.5 cm³/mol. The summed E-state index contributed by atoms with van der Waals surface area (Å²) in [6.07, 6.45) is 1.42. The summed E-state index contributed by atoms with van der Waals surface area (Å²) >= 11 is 0. The van der Waals surface area contributed by atoms with Crippen LogP contribution >= 0.6 is 0 Å². The lowest BCUT2D eigenvalue weighted by Crippen LogP contribution is -2.19. The standard InChI is InChI=1S/C19H19N3O3/c1-11-4-7-17(23)13(8-11)10-20-22-19(24)18-12(2)15-9-14(25-3)5-6-16(15)21-18/h4-10,21,23H,1-3H3,(H,22,24)/b20-10+. The molecule has 0 spiro atoms. The monoisotopic (exact) mass is 337 g/mol. The second-order valence-corrected chi connectivity index (χ2v) is 5.80. The Morgan fingerprint density at radius 1 is 1.24 bits per heavy atom. The summed E-state index contributed by atoms with van der Waals surface area (Å²) in [7, 11) is 1.60. The molecule has 6 nitrogen and oxygen atoms in total. The second-order valence-electron chi connectivity index (χ2n) is 5.80. The summed E-state index contributed by atoms with van der Waals surface area (Å²) in [5.74, 6) is 0.489. The molecule has 2 aromatic carbocycles. The van der Waals surface area contributed by atoms with Crippen molar-refractivity contribution in [3.8, 4) is 11.5 Å². The lowest BCUT2D eigenvalue weighted by Gasteiger charge is -2.01.